The number of benzene rings is 2. The molecule has 26 heavy (non-hydrogen) atoms. The van der Waals surface area contributed by atoms with Crippen molar-refractivity contribution in [2.24, 2.45) is 0 Å². The van der Waals surface area contributed by atoms with E-state index in [2.05, 4.69) is 25.0 Å². The molecule has 0 fully saturated rings. The molecule has 1 aliphatic rings. The maximum absolute atomic E-state index is 13.1. The molecule has 7 nitrogen and oxygen atoms in total. The van der Waals surface area contributed by atoms with Crippen LogP contribution >= 0.6 is 0 Å². The SMILES string of the molecule is O=C1c2ccccc2-c2nc3ncnn3c(-c3nc4ccccc4[nH]3)c21. The number of imidazole rings is 1. The lowest BCUT2D eigenvalue weighted by Crippen LogP contribution is -2.07. The standard InChI is InChI=1S/C19H10N6O/c26-17-11-6-2-1-5-10(11)15-14(17)16(25-19(24-15)20-9-21-25)18-22-12-7-3-4-8-13(12)23-18/h1-9H,(H,22,23). The van der Waals surface area contributed by atoms with E-state index in [0.717, 1.165) is 16.6 Å². The van der Waals surface area contributed by atoms with Gasteiger partial charge in [0.25, 0.3) is 5.78 Å². The Hall–Kier alpha value is -3.87. The third-order valence-electron chi connectivity index (χ3n) is 4.69. The van der Waals surface area contributed by atoms with Gasteiger partial charge in [-0.15, -0.1) is 0 Å². The molecule has 0 amide bonds. The van der Waals surface area contributed by atoms with E-state index in [1.165, 1.54) is 6.33 Å². The van der Waals surface area contributed by atoms with Crippen molar-refractivity contribution in [2.45, 2.75) is 0 Å². The number of carbonyl (C=O) groups excluding carboxylic acids is 1. The van der Waals surface area contributed by atoms with Crippen LogP contribution in [-0.4, -0.2) is 35.3 Å². The van der Waals surface area contributed by atoms with Gasteiger partial charge in [-0.1, -0.05) is 36.4 Å². The van der Waals surface area contributed by atoms with Crippen molar-refractivity contribution < 1.29 is 4.79 Å². The maximum atomic E-state index is 13.1. The fraction of sp³-hybridized carbons (Fsp3) is 0. The molecule has 5 aromatic rings. The minimum absolute atomic E-state index is 0.0732. The van der Waals surface area contributed by atoms with Crippen LogP contribution in [0, 0.1) is 0 Å². The van der Waals surface area contributed by atoms with E-state index >= 15 is 0 Å². The average molecular weight is 338 g/mol. The van der Waals surface area contributed by atoms with Gasteiger partial charge in [0.15, 0.2) is 11.6 Å². The Morgan fingerprint density at radius 1 is 0.923 bits per heavy atom. The summed E-state index contributed by atoms with van der Waals surface area (Å²) in [7, 11) is 0. The van der Waals surface area contributed by atoms with E-state index in [1.54, 1.807) is 4.52 Å². The number of nitrogens with one attached hydrogen (secondary N) is 1. The van der Waals surface area contributed by atoms with Gasteiger partial charge in [-0.3, -0.25) is 4.79 Å². The molecular weight excluding hydrogens is 328 g/mol. The molecule has 3 heterocycles. The molecule has 2 aromatic carbocycles. The van der Waals surface area contributed by atoms with Crippen molar-refractivity contribution in [1.82, 2.24) is 29.5 Å². The third-order valence-corrected chi connectivity index (χ3v) is 4.69. The Bertz CT molecular complexity index is 1330. The first-order valence-corrected chi connectivity index (χ1v) is 8.14. The van der Waals surface area contributed by atoms with E-state index in [9.17, 15) is 4.79 Å². The molecule has 1 aliphatic carbocycles. The monoisotopic (exact) mass is 338 g/mol. The number of aromatic amines is 1. The molecule has 6 rings (SSSR count). The first kappa shape index (κ1) is 13.4. The van der Waals surface area contributed by atoms with Crippen LogP contribution in [0.5, 0.6) is 0 Å². The zero-order valence-corrected chi connectivity index (χ0v) is 13.3. The Labute approximate surface area is 146 Å². The average Bonchev–Trinajstić information content (AvgIpc) is 3.37. The van der Waals surface area contributed by atoms with E-state index in [-0.39, 0.29) is 5.78 Å². The number of nitrogens with zero attached hydrogens (tertiary/aromatic N) is 5. The molecular formula is C19H10N6O. The highest BCUT2D eigenvalue weighted by Crippen LogP contribution is 2.39. The highest BCUT2D eigenvalue weighted by Gasteiger charge is 2.34. The fourth-order valence-electron chi connectivity index (χ4n) is 3.56. The van der Waals surface area contributed by atoms with Gasteiger partial charge in [0, 0.05) is 11.1 Å². The molecule has 0 radical (unpaired) electrons. The van der Waals surface area contributed by atoms with Crippen molar-refractivity contribution >= 4 is 22.6 Å². The summed E-state index contributed by atoms with van der Waals surface area (Å²) >= 11 is 0. The van der Waals surface area contributed by atoms with Crippen molar-refractivity contribution in [3.05, 3.63) is 66.0 Å². The van der Waals surface area contributed by atoms with E-state index in [0.29, 0.717) is 34.1 Å². The lowest BCUT2D eigenvalue weighted by molar-refractivity contribution is 0.104. The van der Waals surface area contributed by atoms with Gasteiger partial charge in [0.05, 0.1) is 22.3 Å². The number of rotatable bonds is 1. The second-order valence-electron chi connectivity index (χ2n) is 6.13. The molecule has 0 spiro atoms. The first-order valence-electron chi connectivity index (χ1n) is 8.14. The van der Waals surface area contributed by atoms with Crippen LogP contribution in [0.2, 0.25) is 0 Å². The predicted octanol–water partition coefficient (Wildman–Crippen LogP) is 2.88. The van der Waals surface area contributed by atoms with Crippen molar-refractivity contribution in [1.29, 1.82) is 0 Å². The Balaban J connectivity index is 1.77. The molecule has 0 aliphatic heterocycles. The summed E-state index contributed by atoms with van der Waals surface area (Å²) in [4.78, 5) is 29.9. The van der Waals surface area contributed by atoms with Gasteiger partial charge < -0.3 is 4.98 Å². The van der Waals surface area contributed by atoms with Crippen LogP contribution in [0.3, 0.4) is 0 Å². The van der Waals surface area contributed by atoms with E-state index in [4.69, 9.17) is 0 Å². The first-order chi connectivity index (χ1) is 12.8. The summed E-state index contributed by atoms with van der Waals surface area (Å²) in [5.74, 6) is 0.932. The van der Waals surface area contributed by atoms with Gasteiger partial charge in [0.1, 0.15) is 12.0 Å². The zero-order chi connectivity index (χ0) is 17.3. The zero-order valence-electron chi connectivity index (χ0n) is 13.3. The Kier molecular flexibility index (Phi) is 2.38. The van der Waals surface area contributed by atoms with Crippen molar-refractivity contribution in [3.8, 4) is 22.8 Å². The molecule has 0 unspecified atom stereocenters. The second kappa shape index (κ2) is 4.60. The van der Waals surface area contributed by atoms with Gasteiger partial charge >= 0.3 is 0 Å². The summed E-state index contributed by atoms with van der Waals surface area (Å²) in [5.41, 5.74) is 4.88. The van der Waals surface area contributed by atoms with Gasteiger partial charge in [-0.2, -0.15) is 14.6 Å². The normalized spacial score (nSPS) is 12.7. The molecule has 122 valence electrons. The lowest BCUT2D eigenvalue weighted by Gasteiger charge is -2.06. The summed E-state index contributed by atoms with van der Waals surface area (Å²) in [6, 6.07) is 15.2. The Morgan fingerprint density at radius 2 is 1.73 bits per heavy atom. The quantitative estimate of drug-likeness (QED) is 0.498. The number of carbonyl (C=O) groups is 1. The molecule has 7 heteroatoms. The highest BCUT2D eigenvalue weighted by molar-refractivity contribution is 6.23. The number of para-hydroxylation sites is 2. The van der Waals surface area contributed by atoms with Crippen LogP contribution < -0.4 is 0 Å². The van der Waals surface area contributed by atoms with Gasteiger partial charge in [0.2, 0.25) is 0 Å². The highest BCUT2D eigenvalue weighted by atomic mass is 16.1. The lowest BCUT2D eigenvalue weighted by atomic mass is 10.1. The number of hydrogen-bond donors (Lipinski definition) is 1. The minimum Gasteiger partial charge on any atom is -0.337 e. The van der Waals surface area contributed by atoms with Crippen LogP contribution in [0.25, 0.3) is 39.6 Å². The molecule has 0 bridgehead atoms. The summed E-state index contributed by atoms with van der Waals surface area (Å²) < 4.78 is 1.57. The fourth-order valence-corrected chi connectivity index (χ4v) is 3.56. The Morgan fingerprint density at radius 3 is 2.62 bits per heavy atom. The molecule has 0 atom stereocenters. The molecule has 0 saturated heterocycles. The summed E-state index contributed by atoms with van der Waals surface area (Å²) in [5, 5.41) is 4.27. The number of ketones is 1. The van der Waals surface area contributed by atoms with Crippen molar-refractivity contribution in [2.75, 3.05) is 0 Å². The third kappa shape index (κ3) is 1.59. The molecule has 1 N–H and O–H groups in total. The van der Waals surface area contributed by atoms with Gasteiger partial charge in [-0.25, -0.2) is 9.97 Å². The summed E-state index contributed by atoms with van der Waals surface area (Å²) in [6.45, 7) is 0. The van der Waals surface area contributed by atoms with Gasteiger partial charge in [-0.05, 0) is 12.1 Å². The summed E-state index contributed by atoms with van der Waals surface area (Å²) in [6.07, 6.45) is 1.43. The van der Waals surface area contributed by atoms with Crippen LogP contribution in [0.4, 0.5) is 0 Å². The maximum Gasteiger partial charge on any atom is 0.253 e. The van der Waals surface area contributed by atoms with E-state index in [1.807, 2.05) is 48.5 Å². The van der Waals surface area contributed by atoms with Crippen LogP contribution in [-0.2, 0) is 0 Å². The number of aromatic nitrogens is 6. The number of H-pyrrole nitrogens is 1. The number of hydrogen-bond acceptors (Lipinski definition) is 5. The van der Waals surface area contributed by atoms with Crippen molar-refractivity contribution in [3.63, 3.8) is 0 Å². The largest absolute Gasteiger partial charge is 0.337 e. The van der Waals surface area contributed by atoms with Crippen LogP contribution in [0.15, 0.2) is 54.9 Å². The predicted molar refractivity (Wildman–Crippen MR) is 94.7 cm³/mol. The second-order valence-corrected chi connectivity index (χ2v) is 6.13. The smallest absolute Gasteiger partial charge is 0.253 e. The van der Waals surface area contributed by atoms with Crippen LogP contribution in [0.1, 0.15) is 15.9 Å². The topological polar surface area (TPSA) is 88.8 Å². The number of fused-ring (bicyclic) bond motifs is 5. The molecule has 3 aromatic heterocycles. The molecule has 0 saturated carbocycles. The van der Waals surface area contributed by atoms with E-state index < -0.39 is 0 Å². The minimum atomic E-state index is -0.0732.